The minimum Gasteiger partial charge on any atom is -0.462 e. The molecule has 0 rings (SSSR count). The Balaban J connectivity index is 4.41. The van der Waals surface area contributed by atoms with E-state index in [9.17, 15) is 14.4 Å². The van der Waals surface area contributed by atoms with E-state index in [2.05, 4.69) is 81.5 Å². The molecule has 0 amide bonds. The summed E-state index contributed by atoms with van der Waals surface area (Å²) in [5, 5.41) is 0. The average molecular weight is 919 g/mol. The minimum absolute atomic E-state index is 0.0922. The second-order valence-corrected chi connectivity index (χ2v) is 18.3. The standard InChI is InChI=1S/C60H102O6/c1-4-7-10-13-16-19-22-24-26-28-30-32-33-35-38-41-44-47-50-53-59(62)65-56-57(55-64-58(61)52-49-46-43-40-37-21-18-15-12-9-6-3)66-60(63)54-51-48-45-42-39-36-34-31-29-27-25-23-20-17-14-11-8-5-2/h11,14-15,17-18,20,23,25,27-31,34,57H,4-10,12-13,16,19,21-22,24,26,32-33,35-56H2,1-3H3/b14-11-,18-15-,20-17-,25-23-,29-27-,30-28-,34-31-. The zero-order chi connectivity index (χ0) is 47.9. The first-order valence-electron chi connectivity index (χ1n) is 27.7. The summed E-state index contributed by atoms with van der Waals surface area (Å²) in [4.78, 5) is 38.0. The van der Waals surface area contributed by atoms with E-state index in [1.165, 1.54) is 122 Å². The molecule has 66 heavy (non-hydrogen) atoms. The molecule has 0 bridgehead atoms. The van der Waals surface area contributed by atoms with Crippen molar-refractivity contribution in [2.75, 3.05) is 13.2 Å². The Labute approximate surface area is 407 Å². The number of carbonyl (C=O) groups is 3. The van der Waals surface area contributed by atoms with Gasteiger partial charge in [0.15, 0.2) is 6.10 Å². The molecule has 0 saturated carbocycles. The van der Waals surface area contributed by atoms with Gasteiger partial charge in [-0.2, -0.15) is 0 Å². The van der Waals surface area contributed by atoms with Crippen LogP contribution >= 0.6 is 0 Å². The van der Waals surface area contributed by atoms with E-state index in [1.54, 1.807) is 0 Å². The molecule has 0 aromatic heterocycles. The van der Waals surface area contributed by atoms with E-state index in [1.807, 2.05) is 24.3 Å². The van der Waals surface area contributed by atoms with Gasteiger partial charge < -0.3 is 14.2 Å². The van der Waals surface area contributed by atoms with Crippen LogP contribution in [-0.2, 0) is 28.6 Å². The first-order chi connectivity index (χ1) is 32.5. The molecule has 0 aliphatic carbocycles. The van der Waals surface area contributed by atoms with Gasteiger partial charge in [-0.3, -0.25) is 14.4 Å². The molecule has 6 heteroatoms. The molecule has 0 aliphatic heterocycles. The summed E-state index contributed by atoms with van der Waals surface area (Å²) in [5.74, 6) is -0.929. The van der Waals surface area contributed by atoms with Gasteiger partial charge in [0, 0.05) is 19.3 Å². The van der Waals surface area contributed by atoms with Gasteiger partial charge in [0.25, 0.3) is 0 Å². The quantitative estimate of drug-likeness (QED) is 0.0199. The van der Waals surface area contributed by atoms with Crippen LogP contribution in [-0.4, -0.2) is 37.2 Å². The molecule has 378 valence electrons. The monoisotopic (exact) mass is 919 g/mol. The lowest BCUT2D eigenvalue weighted by Gasteiger charge is -2.18. The summed E-state index contributed by atoms with van der Waals surface area (Å²) >= 11 is 0. The maximum Gasteiger partial charge on any atom is 0.306 e. The molecule has 0 aliphatic rings. The molecular weight excluding hydrogens is 817 g/mol. The van der Waals surface area contributed by atoms with Crippen LogP contribution in [0.25, 0.3) is 0 Å². The maximum absolute atomic E-state index is 12.8. The van der Waals surface area contributed by atoms with Crippen LogP contribution in [0.5, 0.6) is 0 Å². The fourth-order valence-corrected chi connectivity index (χ4v) is 7.51. The predicted octanol–water partition coefficient (Wildman–Crippen LogP) is 18.4. The normalized spacial score (nSPS) is 12.7. The number of hydrogen-bond acceptors (Lipinski definition) is 6. The number of unbranched alkanes of at least 4 members (excludes halogenated alkanes) is 28. The van der Waals surface area contributed by atoms with E-state index in [4.69, 9.17) is 14.2 Å². The number of hydrogen-bond donors (Lipinski definition) is 0. The molecule has 0 heterocycles. The van der Waals surface area contributed by atoms with Crippen LogP contribution in [0, 0.1) is 0 Å². The Kier molecular flexibility index (Phi) is 51.4. The number of rotatable bonds is 49. The largest absolute Gasteiger partial charge is 0.462 e. The smallest absolute Gasteiger partial charge is 0.306 e. The number of esters is 3. The van der Waals surface area contributed by atoms with Gasteiger partial charge in [-0.05, 0) is 83.5 Å². The van der Waals surface area contributed by atoms with Crippen molar-refractivity contribution in [1.82, 2.24) is 0 Å². The van der Waals surface area contributed by atoms with Gasteiger partial charge >= 0.3 is 17.9 Å². The third kappa shape index (κ3) is 51.6. The van der Waals surface area contributed by atoms with Crippen molar-refractivity contribution in [3.05, 3.63) is 85.1 Å². The summed E-state index contributed by atoms with van der Waals surface area (Å²) in [6.45, 7) is 6.49. The highest BCUT2D eigenvalue weighted by atomic mass is 16.6. The lowest BCUT2D eigenvalue weighted by atomic mass is 10.1. The molecule has 6 nitrogen and oxygen atoms in total. The fourth-order valence-electron chi connectivity index (χ4n) is 7.51. The molecule has 1 unspecified atom stereocenters. The summed E-state index contributed by atoms with van der Waals surface area (Å²) < 4.78 is 16.8. The highest BCUT2D eigenvalue weighted by molar-refractivity contribution is 5.71. The third-order valence-corrected chi connectivity index (χ3v) is 11.7. The van der Waals surface area contributed by atoms with Gasteiger partial charge in [0.1, 0.15) is 13.2 Å². The summed E-state index contributed by atoms with van der Waals surface area (Å²) in [6, 6.07) is 0. The SMILES string of the molecule is CCC\C=C/C=C\C=C/C=C\C=C/CCCCCCCC(=O)OC(COC(=O)CCCCCCC/C=C\CCCC)COC(=O)CCCCCCCCC/C=C\CCCCCCCCCC. The van der Waals surface area contributed by atoms with E-state index in [0.29, 0.717) is 19.3 Å². The van der Waals surface area contributed by atoms with Crippen LogP contribution in [0.15, 0.2) is 85.1 Å². The van der Waals surface area contributed by atoms with Crippen molar-refractivity contribution in [2.24, 2.45) is 0 Å². The van der Waals surface area contributed by atoms with Crippen molar-refractivity contribution >= 4 is 17.9 Å². The Morgan fingerprint density at radius 2 is 0.606 bits per heavy atom. The maximum atomic E-state index is 12.8. The second-order valence-electron chi connectivity index (χ2n) is 18.3. The van der Waals surface area contributed by atoms with Gasteiger partial charge in [0.2, 0.25) is 0 Å². The van der Waals surface area contributed by atoms with Gasteiger partial charge in [-0.1, -0.05) is 241 Å². The summed E-state index contributed by atoms with van der Waals surface area (Å²) in [6.07, 6.45) is 69.9. The Hall–Kier alpha value is -3.41. The summed E-state index contributed by atoms with van der Waals surface area (Å²) in [7, 11) is 0. The molecule has 0 saturated heterocycles. The first kappa shape index (κ1) is 62.6. The van der Waals surface area contributed by atoms with Crippen molar-refractivity contribution < 1.29 is 28.6 Å². The van der Waals surface area contributed by atoms with Crippen molar-refractivity contribution in [1.29, 1.82) is 0 Å². The third-order valence-electron chi connectivity index (χ3n) is 11.7. The van der Waals surface area contributed by atoms with Gasteiger partial charge in [-0.25, -0.2) is 0 Å². The van der Waals surface area contributed by atoms with Crippen molar-refractivity contribution in [2.45, 2.75) is 264 Å². The predicted molar refractivity (Wildman–Crippen MR) is 284 cm³/mol. The highest BCUT2D eigenvalue weighted by Gasteiger charge is 2.19. The lowest BCUT2D eigenvalue weighted by Crippen LogP contribution is -2.30. The fraction of sp³-hybridized carbons (Fsp3) is 0.717. The average Bonchev–Trinajstić information content (AvgIpc) is 3.31. The number of allylic oxidation sites excluding steroid dienone is 14. The van der Waals surface area contributed by atoms with Crippen LogP contribution in [0.4, 0.5) is 0 Å². The van der Waals surface area contributed by atoms with Crippen molar-refractivity contribution in [3.63, 3.8) is 0 Å². The zero-order valence-electron chi connectivity index (χ0n) is 43.2. The van der Waals surface area contributed by atoms with Crippen LogP contribution in [0.1, 0.15) is 258 Å². The lowest BCUT2D eigenvalue weighted by molar-refractivity contribution is -0.167. The summed E-state index contributed by atoms with van der Waals surface area (Å²) in [5.41, 5.74) is 0. The molecular formula is C60H102O6. The molecule has 0 aromatic rings. The Morgan fingerprint density at radius 1 is 0.303 bits per heavy atom. The Morgan fingerprint density at radius 3 is 1.00 bits per heavy atom. The zero-order valence-corrected chi connectivity index (χ0v) is 43.2. The number of ether oxygens (including phenoxy) is 3. The second kappa shape index (κ2) is 54.2. The van der Waals surface area contributed by atoms with E-state index >= 15 is 0 Å². The molecule has 0 fully saturated rings. The Bertz CT molecular complexity index is 1290. The molecule has 1 atom stereocenters. The highest BCUT2D eigenvalue weighted by Crippen LogP contribution is 2.15. The number of carbonyl (C=O) groups excluding carboxylic acids is 3. The van der Waals surface area contributed by atoms with E-state index < -0.39 is 6.10 Å². The van der Waals surface area contributed by atoms with Crippen LogP contribution in [0.2, 0.25) is 0 Å². The molecule has 0 N–H and O–H groups in total. The van der Waals surface area contributed by atoms with Crippen LogP contribution < -0.4 is 0 Å². The van der Waals surface area contributed by atoms with Gasteiger partial charge in [0.05, 0.1) is 0 Å². The van der Waals surface area contributed by atoms with Crippen molar-refractivity contribution in [3.8, 4) is 0 Å². The first-order valence-corrected chi connectivity index (χ1v) is 27.7. The molecule has 0 aromatic carbocycles. The minimum atomic E-state index is -0.795. The topological polar surface area (TPSA) is 78.9 Å². The molecule has 0 radical (unpaired) electrons. The van der Waals surface area contributed by atoms with E-state index in [-0.39, 0.29) is 31.1 Å². The van der Waals surface area contributed by atoms with E-state index in [0.717, 1.165) is 96.3 Å². The van der Waals surface area contributed by atoms with Gasteiger partial charge in [-0.15, -0.1) is 0 Å². The molecule has 0 spiro atoms. The van der Waals surface area contributed by atoms with Crippen LogP contribution in [0.3, 0.4) is 0 Å².